The number of aliphatic carboxylic acids is 1. The molecule has 0 radical (unpaired) electrons. The quantitative estimate of drug-likeness (QED) is 0.867. The van der Waals surface area contributed by atoms with E-state index in [1.54, 1.807) is 12.1 Å². The molecule has 2 aromatic carbocycles. The molecule has 0 spiro atoms. The van der Waals surface area contributed by atoms with Gasteiger partial charge in [0.05, 0.1) is 11.5 Å². The van der Waals surface area contributed by atoms with E-state index in [-0.39, 0.29) is 11.0 Å². The van der Waals surface area contributed by atoms with E-state index in [0.29, 0.717) is 12.0 Å². The van der Waals surface area contributed by atoms with Crippen LogP contribution in [-0.4, -0.2) is 22.2 Å². The highest BCUT2D eigenvalue weighted by Crippen LogP contribution is 2.25. The van der Waals surface area contributed by atoms with Crippen molar-refractivity contribution in [1.29, 1.82) is 0 Å². The highest BCUT2D eigenvalue weighted by molar-refractivity contribution is 5.87. The van der Waals surface area contributed by atoms with Crippen molar-refractivity contribution < 1.29 is 19.8 Å². The predicted octanol–water partition coefficient (Wildman–Crippen LogP) is 4.09. The van der Waals surface area contributed by atoms with Gasteiger partial charge in [-0.05, 0) is 40.7 Å². The smallest absolute Gasteiger partial charge is 0.335 e. The van der Waals surface area contributed by atoms with Crippen LogP contribution >= 0.6 is 0 Å². The van der Waals surface area contributed by atoms with Crippen LogP contribution in [-0.2, 0) is 16.6 Å². The monoisotopic (exact) mass is 326 g/mol. The van der Waals surface area contributed by atoms with Crippen LogP contribution < -0.4 is 0 Å². The second-order valence-electron chi connectivity index (χ2n) is 6.97. The molecule has 0 saturated carbocycles. The molecule has 4 heteroatoms. The van der Waals surface area contributed by atoms with Gasteiger partial charge in [-0.25, -0.2) is 4.79 Å². The lowest BCUT2D eigenvalue weighted by atomic mass is 9.85. The Kier molecular flexibility index (Phi) is 5.07. The molecule has 0 bridgehead atoms. The topological polar surface area (TPSA) is 74.6 Å². The molecular weight excluding hydrogens is 304 g/mol. The van der Waals surface area contributed by atoms with E-state index in [1.165, 1.54) is 17.7 Å². The van der Waals surface area contributed by atoms with E-state index in [2.05, 4.69) is 20.8 Å². The fourth-order valence-corrected chi connectivity index (χ4v) is 2.58. The van der Waals surface area contributed by atoms with Crippen LogP contribution in [0.5, 0.6) is 0 Å². The van der Waals surface area contributed by atoms with Gasteiger partial charge in [0.1, 0.15) is 0 Å². The summed E-state index contributed by atoms with van der Waals surface area (Å²) in [7, 11) is 0. The molecule has 2 aromatic rings. The number of rotatable bonds is 5. The third-order valence-corrected chi connectivity index (χ3v) is 4.12. The summed E-state index contributed by atoms with van der Waals surface area (Å²) in [6.45, 7) is 6.39. The van der Waals surface area contributed by atoms with Gasteiger partial charge in [-0.15, -0.1) is 0 Å². The molecule has 0 aliphatic carbocycles. The highest BCUT2D eigenvalue weighted by Gasteiger charge is 2.21. The van der Waals surface area contributed by atoms with Gasteiger partial charge >= 0.3 is 11.9 Å². The zero-order chi connectivity index (χ0) is 17.9. The third kappa shape index (κ3) is 4.22. The van der Waals surface area contributed by atoms with E-state index < -0.39 is 17.9 Å². The molecule has 24 heavy (non-hydrogen) atoms. The van der Waals surface area contributed by atoms with Crippen molar-refractivity contribution in [3.63, 3.8) is 0 Å². The largest absolute Gasteiger partial charge is 0.481 e. The lowest BCUT2D eigenvalue weighted by Crippen LogP contribution is -2.15. The number of aromatic carboxylic acids is 1. The highest BCUT2D eigenvalue weighted by atomic mass is 16.4. The van der Waals surface area contributed by atoms with Crippen LogP contribution in [0.25, 0.3) is 0 Å². The first-order valence-electron chi connectivity index (χ1n) is 7.84. The van der Waals surface area contributed by atoms with Gasteiger partial charge in [-0.2, -0.15) is 0 Å². The van der Waals surface area contributed by atoms with Gasteiger partial charge in [0, 0.05) is 0 Å². The van der Waals surface area contributed by atoms with Crippen molar-refractivity contribution in [3.8, 4) is 0 Å². The minimum atomic E-state index is -1.02. The Morgan fingerprint density at radius 3 is 1.88 bits per heavy atom. The first-order valence-corrected chi connectivity index (χ1v) is 7.84. The number of carbonyl (C=O) groups is 2. The summed E-state index contributed by atoms with van der Waals surface area (Å²) in [5.74, 6) is -2.64. The molecule has 0 heterocycles. The average molecular weight is 326 g/mol. The van der Waals surface area contributed by atoms with Gasteiger partial charge in [-0.1, -0.05) is 57.2 Å². The zero-order valence-electron chi connectivity index (χ0n) is 14.1. The molecule has 0 amide bonds. The minimum absolute atomic E-state index is 0.0530. The van der Waals surface area contributed by atoms with Gasteiger partial charge in [0.15, 0.2) is 0 Å². The molecule has 0 aromatic heterocycles. The number of hydrogen-bond acceptors (Lipinski definition) is 2. The lowest BCUT2D eigenvalue weighted by Gasteiger charge is -2.20. The van der Waals surface area contributed by atoms with Gasteiger partial charge < -0.3 is 10.2 Å². The predicted molar refractivity (Wildman–Crippen MR) is 92.6 cm³/mol. The van der Waals surface area contributed by atoms with E-state index >= 15 is 0 Å². The maximum atomic E-state index is 11.6. The van der Waals surface area contributed by atoms with Crippen LogP contribution in [0.2, 0.25) is 0 Å². The van der Waals surface area contributed by atoms with Crippen molar-refractivity contribution >= 4 is 11.9 Å². The van der Waals surface area contributed by atoms with Crippen LogP contribution in [0.15, 0.2) is 48.5 Å². The maximum Gasteiger partial charge on any atom is 0.335 e. The molecule has 126 valence electrons. The van der Waals surface area contributed by atoms with Gasteiger partial charge in [-0.3, -0.25) is 4.79 Å². The summed E-state index contributed by atoms with van der Waals surface area (Å²) >= 11 is 0. The summed E-state index contributed by atoms with van der Waals surface area (Å²) in [5, 5.41) is 18.5. The summed E-state index contributed by atoms with van der Waals surface area (Å²) in [5.41, 5.74) is 2.95. The Hall–Kier alpha value is -2.62. The van der Waals surface area contributed by atoms with Crippen LogP contribution in [0.4, 0.5) is 0 Å². The Labute approximate surface area is 141 Å². The number of carboxylic acid groups (broad SMARTS) is 2. The molecule has 0 aliphatic rings. The molecule has 2 N–H and O–H groups in total. The molecule has 4 nitrogen and oxygen atoms in total. The van der Waals surface area contributed by atoms with Crippen LogP contribution in [0.1, 0.15) is 53.7 Å². The van der Waals surface area contributed by atoms with Crippen molar-refractivity contribution in [2.24, 2.45) is 0 Å². The molecular formula is C20H22O4. The summed E-state index contributed by atoms with van der Waals surface area (Å²) < 4.78 is 0. The van der Waals surface area contributed by atoms with E-state index in [1.807, 2.05) is 24.3 Å². The Balaban J connectivity index is 2.22. The Bertz CT molecular complexity index is 722. The standard InChI is InChI=1S/C20H22O4/c1-20(2,3)16-10-4-13(5-11-16)12-17(19(23)24)14-6-8-15(9-7-14)18(21)22/h4-11,17H,12H2,1-3H3,(H,21,22)(H,23,24). The van der Waals surface area contributed by atoms with Crippen LogP contribution in [0.3, 0.4) is 0 Å². The number of hydrogen-bond donors (Lipinski definition) is 2. The van der Waals surface area contributed by atoms with E-state index in [0.717, 1.165) is 5.56 Å². The molecule has 0 aliphatic heterocycles. The zero-order valence-corrected chi connectivity index (χ0v) is 14.1. The van der Waals surface area contributed by atoms with Crippen molar-refractivity contribution in [2.45, 2.75) is 38.5 Å². The van der Waals surface area contributed by atoms with Crippen molar-refractivity contribution in [2.75, 3.05) is 0 Å². The van der Waals surface area contributed by atoms with Crippen molar-refractivity contribution in [3.05, 3.63) is 70.8 Å². The Morgan fingerprint density at radius 1 is 0.917 bits per heavy atom. The molecule has 2 rings (SSSR count). The molecule has 0 fully saturated rings. The summed E-state index contributed by atoms with van der Waals surface area (Å²) in [4.78, 5) is 22.5. The lowest BCUT2D eigenvalue weighted by molar-refractivity contribution is -0.138. The van der Waals surface area contributed by atoms with Crippen molar-refractivity contribution in [1.82, 2.24) is 0 Å². The van der Waals surface area contributed by atoms with E-state index in [9.17, 15) is 14.7 Å². The number of carboxylic acids is 2. The number of benzene rings is 2. The fraction of sp³-hybridized carbons (Fsp3) is 0.300. The van der Waals surface area contributed by atoms with Gasteiger partial charge in [0.2, 0.25) is 0 Å². The summed E-state index contributed by atoms with van der Waals surface area (Å²) in [6, 6.07) is 14.0. The maximum absolute atomic E-state index is 11.6. The molecule has 1 unspecified atom stereocenters. The Morgan fingerprint density at radius 2 is 1.46 bits per heavy atom. The average Bonchev–Trinajstić information content (AvgIpc) is 2.52. The fourth-order valence-electron chi connectivity index (χ4n) is 2.58. The molecule has 0 saturated heterocycles. The minimum Gasteiger partial charge on any atom is -0.481 e. The second kappa shape index (κ2) is 6.87. The third-order valence-electron chi connectivity index (χ3n) is 4.12. The van der Waals surface area contributed by atoms with E-state index in [4.69, 9.17) is 5.11 Å². The normalized spacial score (nSPS) is 12.6. The SMILES string of the molecule is CC(C)(C)c1ccc(CC(C(=O)O)c2ccc(C(=O)O)cc2)cc1. The second-order valence-corrected chi connectivity index (χ2v) is 6.97. The van der Waals surface area contributed by atoms with Crippen LogP contribution in [0, 0.1) is 0 Å². The molecule has 1 atom stereocenters. The first kappa shape index (κ1) is 17.7. The summed E-state index contributed by atoms with van der Waals surface area (Å²) in [6.07, 6.45) is 0.367. The first-order chi connectivity index (χ1) is 11.2. The van der Waals surface area contributed by atoms with Gasteiger partial charge in [0.25, 0.3) is 0 Å².